The van der Waals surface area contributed by atoms with Gasteiger partial charge in [-0.1, -0.05) is 19.9 Å². The number of aryl methyl sites for hydroxylation is 1. The Balaban J connectivity index is 2.46. The van der Waals surface area contributed by atoms with Gasteiger partial charge in [0.1, 0.15) is 0 Å². The number of carbonyl (C=O) groups excluding carboxylic acids is 1. The van der Waals surface area contributed by atoms with E-state index in [9.17, 15) is 4.79 Å². The molecule has 2 aromatic rings. The number of nitrogens with zero attached hydrogens (tertiary/aromatic N) is 1. The maximum Gasteiger partial charge on any atom is 0.182 e. The quantitative estimate of drug-likeness (QED) is 0.854. The van der Waals surface area contributed by atoms with E-state index >= 15 is 0 Å². The number of carbonyl (C=O) groups is 1. The maximum atomic E-state index is 12.5. The third-order valence-corrected chi connectivity index (χ3v) is 3.80. The van der Waals surface area contributed by atoms with Gasteiger partial charge in [-0.2, -0.15) is 0 Å². The molecule has 0 spiro atoms. The van der Waals surface area contributed by atoms with Crippen molar-refractivity contribution in [2.75, 3.05) is 0 Å². The van der Waals surface area contributed by atoms with Crippen LogP contribution in [0.4, 0.5) is 0 Å². The number of aromatic nitrogens is 1. The Hall–Kier alpha value is -1.74. The first kappa shape index (κ1) is 13.7. The molecule has 0 amide bonds. The average Bonchev–Trinajstić information content (AvgIpc) is 2.45. The molecule has 0 unspecified atom stereocenters. The van der Waals surface area contributed by atoms with E-state index in [0.717, 1.165) is 16.6 Å². The van der Waals surface area contributed by atoms with Gasteiger partial charge >= 0.3 is 0 Å². The molecule has 3 nitrogen and oxygen atoms in total. The zero-order chi connectivity index (χ0) is 14.0. The van der Waals surface area contributed by atoms with Crippen molar-refractivity contribution < 1.29 is 4.79 Å². The summed E-state index contributed by atoms with van der Waals surface area (Å²) in [6, 6.07) is 9.54. The Bertz CT molecular complexity index is 615. The number of benzene rings is 1. The molecule has 1 aromatic heterocycles. The van der Waals surface area contributed by atoms with Crippen molar-refractivity contribution in [2.24, 2.45) is 5.73 Å². The maximum absolute atomic E-state index is 12.5. The molecule has 100 valence electrons. The van der Waals surface area contributed by atoms with Crippen LogP contribution in [0.2, 0.25) is 0 Å². The lowest BCUT2D eigenvalue weighted by Crippen LogP contribution is -2.46. The number of rotatable bonds is 4. The van der Waals surface area contributed by atoms with E-state index in [2.05, 4.69) is 4.98 Å². The van der Waals surface area contributed by atoms with Crippen molar-refractivity contribution in [2.45, 2.75) is 39.2 Å². The van der Waals surface area contributed by atoms with E-state index in [1.54, 1.807) is 0 Å². The molecule has 0 atom stereocenters. The van der Waals surface area contributed by atoms with Crippen molar-refractivity contribution >= 4 is 16.7 Å². The molecule has 0 radical (unpaired) electrons. The summed E-state index contributed by atoms with van der Waals surface area (Å²) in [6.07, 6.45) is 1.29. The summed E-state index contributed by atoms with van der Waals surface area (Å²) in [5.41, 5.74) is 7.97. The molecule has 2 N–H and O–H groups in total. The van der Waals surface area contributed by atoms with Gasteiger partial charge in [0.2, 0.25) is 0 Å². The van der Waals surface area contributed by atoms with E-state index < -0.39 is 5.54 Å². The van der Waals surface area contributed by atoms with Gasteiger partial charge in [-0.25, -0.2) is 0 Å². The smallest absolute Gasteiger partial charge is 0.182 e. The predicted molar refractivity (Wildman–Crippen MR) is 78.3 cm³/mol. The van der Waals surface area contributed by atoms with Crippen LogP contribution in [0.15, 0.2) is 30.3 Å². The fourth-order valence-corrected chi connectivity index (χ4v) is 2.23. The SMILES string of the molecule is CCC(N)(CC)C(=O)c1ccc2nc(C)ccc2c1. The van der Waals surface area contributed by atoms with Crippen LogP contribution in [0, 0.1) is 6.92 Å². The molecule has 0 fully saturated rings. The topological polar surface area (TPSA) is 56.0 Å². The summed E-state index contributed by atoms with van der Waals surface area (Å²) >= 11 is 0. The van der Waals surface area contributed by atoms with Gasteiger partial charge in [0.05, 0.1) is 11.1 Å². The molecular weight excluding hydrogens is 236 g/mol. The van der Waals surface area contributed by atoms with Gasteiger partial charge in [-0.05, 0) is 44.0 Å². The lowest BCUT2D eigenvalue weighted by Gasteiger charge is -2.25. The fraction of sp³-hybridized carbons (Fsp3) is 0.375. The van der Waals surface area contributed by atoms with Crippen molar-refractivity contribution in [3.05, 3.63) is 41.6 Å². The van der Waals surface area contributed by atoms with Crippen LogP contribution in [-0.4, -0.2) is 16.3 Å². The molecule has 0 aliphatic carbocycles. The third kappa shape index (κ3) is 2.51. The van der Waals surface area contributed by atoms with Crippen molar-refractivity contribution in [3.8, 4) is 0 Å². The number of pyridine rings is 1. The Morgan fingerprint density at radius 3 is 2.53 bits per heavy atom. The van der Waals surface area contributed by atoms with Gasteiger partial charge < -0.3 is 5.73 Å². The third-order valence-electron chi connectivity index (χ3n) is 3.80. The summed E-state index contributed by atoms with van der Waals surface area (Å²) in [5, 5.41) is 0.978. The first-order valence-electron chi connectivity index (χ1n) is 6.71. The van der Waals surface area contributed by atoms with Gasteiger partial charge in [0.25, 0.3) is 0 Å². The second-order valence-electron chi connectivity index (χ2n) is 5.05. The lowest BCUT2D eigenvalue weighted by molar-refractivity contribution is 0.0879. The summed E-state index contributed by atoms with van der Waals surface area (Å²) in [5.74, 6) is 0.0139. The van der Waals surface area contributed by atoms with Crippen molar-refractivity contribution in [1.29, 1.82) is 0 Å². The Morgan fingerprint density at radius 2 is 1.89 bits per heavy atom. The number of ketones is 1. The monoisotopic (exact) mass is 256 g/mol. The second-order valence-corrected chi connectivity index (χ2v) is 5.05. The highest BCUT2D eigenvalue weighted by Crippen LogP contribution is 2.21. The number of fused-ring (bicyclic) bond motifs is 1. The zero-order valence-corrected chi connectivity index (χ0v) is 11.7. The Labute approximate surface area is 113 Å². The van der Waals surface area contributed by atoms with Crippen LogP contribution in [0.5, 0.6) is 0 Å². The van der Waals surface area contributed by atoms with E-state index in [1.807, 2.05) is 51.1 Å². The highest BCUT2D eigenvalue weighted by Gasteiger charge is 2.30. The number of nitrogens with two attached hydrogens (primary N) is 1. The Kier molecular flexibility index (Phi) is 3.67. The molecule has 0 aliphatic rings. The van der Waals surface area contributed by atoms with Crippen LogP contribution >= 0.6 is 0 Å². The van der Waals surface area contributed by atoms with Gasteiger partial charge in [-0.3, -0.25) is 9.78 Å². The van der Waals surface area contributed by atoms with Crippen molar-refractivity contribution in [3.63, 3.8) is 0 Å². The van der Waals surface area contributed by atoms with E-state index in [0.29, 0.717) is 18.4 Å². The molecular formula is C16H20N2O. The zero-order valence-electron chi connectivity index (χ0n) is 11.7. The van der Waals surface area contributed by atoms with Gasteiger partial charge in [0, 0.05) is 16.6 Å². The molecule has 0 aliphatic heterocycles. The standard InChI is InChI=1S/C16H20N2O/c1-4-16(17,5-2)15(19)13-8-9-14-12(10-13)7-6-11(3)18-14/h6-10H,4-5,17H2,1-3H3. The minimum absolute atomic E-state index is 0.0139. The van der Waals surface area contributed by atoms with Crippen LogP contribution in [0.3, 0.4) is 0 Å². The number of hydrogen-bond acceptors (Lipinski definition) is 3. The van der Waals surface area contributed by atoms with Crippen LogP contribution in [0.25, 0.3) is 10.9 Å². The molecule has 0 saturated carbocycles. The first-order valence-corrected chi connectivity index (χ1v) is 6.71. The van der Waals surface area contributed by atoms with Crippen molar-refractivity contribution in [1.82, 2.24) is 4.98 Å². The summed E-state index contributed by atoms with van der Waals surface area (Å²) < 4.78 is 0. The van der Waals surface area contributed by atoms with E-state index in [1.165, 1.54) is 0 Å². The molecule has 0 bridgehead atoms. The lowest BCUT2D eigenvalue weighted by atomic mass is 9.85. The predicted octanol–water partition coefficient (Wildman–Crippen LogP) is 3.24. The molecule has 19 heavy (non-hydrogen) atoms. The van der Waals surface area contributed by atoms with E-state index in [4.69, 9.17) is 5.73 Å². The summed E-state index contributed by atoms with van der Waals surface area (Å²) in [4.78, 5) is 16.9. The minimum atomic E-state index is -0.758. The van der Waals surface area contributed by atoms with Gasteiger partial charge in [0.15, 0.2) is 5.78 Å². The fourth-order valence-electron chi connectivity index (χ4n) is 2.23. The number of hydrogen-bond donors (Lipinski definition) is 1. The highest BCUT2D eigenvalue weighted by molar-refractivity contribution is 6.05. The van der Waals surface area contributed by atoms with E-state index in [-0.39, 0.29) is 5.78 Å². The minimum Gasteiger partial charge on any atom is -0.319 e. The molecule has 3 heteroatoms. The summed E-state index contributed by atoms with van der Waals surface area (Å²) in [7, 11) is 0. The van der Waals surface area contributed by atoms with Crippen LogP contribution < -0.4 is 5.73 Å². The van der Waals surface area contributed by atoms with Gasteiger partial charge in [-0.15, -0.1) is 0 Å². The largest absolute Gasteiger partial charge is 0.319 e. The second kappa shape index (κ2) is 5.10. The molecule has 1 heterocycles. The Morgan fingerprint density at radius 1 is 1.21 bits per heavy atom. The molecule has 2 rings (SSSR count). The number of Topliss-reactive ketones (excluding diaryl/α,β-unsaturated/α-hetero) is 1. The first-order chi connectivity index (χ1) is 9.00. The average molecular weight is 256 g/mol. The van der Waals surface area contributed by atoms with Crippen LogP contribution in [-0.2, 0) is 0 Å². The summed E-state index contributed by atoms with van der Waals surface area (Å²) in [6.45, 7) is 5.86. The molecule has 0 saturated heterocycles. The normalized spacial score (nSPS) is 11.8. The highest BCUT2D eigenvalue weighted by atomic mass is 16.1. The molecule has 1 aromatic carbocycles. The van der Waals surface area contributed by atoms with Crippen LogP contribution in [0.1, 0.15) is 42.7 Å².